The minimum atomic E-state index is -4.58. The number of anilines is 1. The normalized spacial score (nSPS) is 14.9. The smallest absolute Gasteiger partial charge is 0.353 e. The molecule has 1 saturated carbocycles. The lowest BCUT2D eigenvalue weighted by Crippen LogP contribution is -2.34. The van der Waals surface area contributed by atoms with Gasteiger partial charge in [-0.25, -0.2) is 0 Å². The second kappa shape index (κ2) is 12.2. The van der Waals surface area contributed by atoms with Gasteiger partial charge in [-0.1, -0.05) is 32.4 Å². The molecule has 1 aliphatic rings. The number of amides is 2. The summed E-state index contributed by atoms with van der Waals surface area (Å²) in [5.41, 5.74) is 1.47. The van der Waals surface area contributed by atoms with Gasteiger partial charge in [-0.2, -0.15) is 13.2 Å². The average Bonchev–Trinajstić information content (AvgIpc) is 2.79. The van der Waals surface area contributed by atoms with E-state index in [1.165, 1.54) is 6.07 Å². The number of carbonyl (C=O) groups is 2. The summed E-state index contributed by atoms with van der Waals surface area (Å²) in [5, 5.41) is 5.65. The number of hydrogen-bond donors (Lipinski definition) is 2. The summed E-state index contributed by atoms with van der Waals surface area (Å²) in [4.78, 5) is 29.2. The minimum Gasteiger partial charge on any atom is -0.353 e. The Hall–Kier alpha value is -3.16. The van der Waals surface area contributed by atoms with Gasteiger partial charge in [0.1, 0.15) is 0 Å². The van der Waals surface area contributed by atoms with E-state index in [4.69, 9.17) is 0 Å². The van der Waals surface area contributed by atoms with Crippen molar-refractivity contribution in [1.29, 1.82) is 0 Å². The molecule has 0 saturated heterocycles. The van der Waals surface area contributed by atoms with E-state index >= 15 is 0 Å². The summed E-state index contributed by atoms with van der Waals surface area (Å²) in [7, 11) is 0. The summed E-state index contributed by atoms with van der Waals surface area (Å²) < 4.78 is 40.5. The molecule has 194 valence electrons. The Morgan fingerprint density at radius 2 is 1.64 bits per heavy atom. The van der Waals surface area contributed by atoms with Crippen LogP contribution in [0.4, 0.5) is 24.5 Å². The van der Waals surface area contributed by atoms with E-state index in [0.29, 0.717) is 18.5 Å². The molecular weight excluding hydrogens is 467 g/mol. The van der Waals surface area contributed by atoms with Gasteiger partial charge in [-0.3, -0.25) is 14.6 Å². The fraction of sp³-hybridized carbons (Fsp3) is 0.464. The lowest BCUT2D eigenvalue weighted by atomic mass is 9.98. The predicted molar refractivity (Wildman–Crippen MR) is 137 cm³/mol. The second-order valence-corrected chi connectivity index (χ2v) is 9.93. The summed E-state index contributed by atoms with van der Waals surface area (Å²) in [6.45, 7) is 5.90. The minimum absolute atomic E-state index is 0.00969. The van der Waals surface area contributed by atoms with Gasteiger partial charge >= 0.3 is 6.18 Å². The third-order valence-electron chi connectivity index (χ3n) is 5.98. The van der Waals surface area contributed by atoms with Gasteiger partial charge in [-0.15, -0.1) is 0 Å². The molecule has 1 unspecified atom stereocenters. The van der Waals surface area contributed by atoms with Crippen LogP contribution in [0.25, 0.3) is 0 Å². The first kappa shape index (κ1) is 27.4. The van der Waals surface area contributed by atoms with E-state index in [2.05, 4.69) is 15.6 Å². The Morgan fingerprint density at radius 3 is 2.25 bits per heavy atom. The fourth-order valence-electron chi connectivity index (χ4n) is 4.26. The standard InChI is InChI=1S/C28H34F3N3O2/c1-18(2)13-26(35)32-19(3)14-20-9-11-24(12-10-20)34-27(36)21-15-22(28(29,30)31)17-25(16-21)33-23-7-5-4-6-8-23/h9-12,15-19H,4-8,13-14H2,1-3H3,(H,32,35)(H,34,36). The molecule has 8 heteroatoms. The van der Waals surface area contributed by atoms with Crippen LogP contribution in [-0.2, 0) is 17.4 Å². The van der Waals surface area contributed by atoms with Crippen molar-refractivity contribution >= 4 is 28.9 Å². The largest absolute Gasteiger partial charge is 0.416 e. The van der Waals surface area contributed by atoms with Gasteiger partial charge in [-0.05, 0) is 80.8 Å². The third kappa shape index (κ3) is 8.50. The number of hydrogen-bond acceptors (Lipinski definition) is 3. The molecule has 2 N–H and O–H groups in total. The fourth-order valence-corrected chi connectivity index (χ4v) is 4.26. The highest BCUT2D eigenvalue weighted by molar-refractivity contribution is 6.05. The number of nitrogens with one attached hydrogen (secondary N) is 2. The Kier molecular flexibility index (Phi) is 9.29. The zero-order valence-electron chi connectivity index (χ0n) is 21.0. The first-order valence-corrected chi connectivity index (χ1v) is 12.5. The molecule has 0 radical (unpaired) electrons. The van der Waals surface area contributed by atoms with Crippen molar-refractivity contribution in [2.75, 3.05) is 5.32 Å². The number of halogens is 3. The van der Waals surface area contributed by atoms with Crippen LogP contribution in [-0.4, -0.2) is 23.6 Å². The molecular formula is C28H34F3N3O2. The predicted octanol–water partition coefficient (Wildman–Crippen LogP) is 7.09. The van der Waals surface area contributed by atoms with Crippen molar-refractivity contribution in [2.45, 2.75) is 77.9 Å². The number of benzene rings is 2. The Bertz CT molecular complexity index is 1080. The third-order valence-corrected chi connectivity index (χ3v) is 5.98. The number of carbonyl (C=O) groups excluding carboxylic acids is 2. The molecule has 3 rings (SSSR count). The zero-order valence-corrected chi connectivity index (χ0v) is 21.0. The maximum Gasteiger partial charge on any atom is 0.416 e. The highest BCUT2D eigenvalue weighted by Gasteiger charge is 2.32. The lowest BCUT2D eigenvalue weighted by Gasteiger charge is -2.16. The first-order valence-electron chi connectivity index (χ1n) is 12.5. The van der Waals surface area contributed by atoms with Gasteiger partial charge < -0.3 is 10.6 Å². The van der Waals surface area contributed by atoms with Crippen LogP contribution in [0.15, 0.2) is 47.5 Å². The molecule has 5 nitrogen and oxygen atoms in total. The van der Waals surface area contributed by atoms with Crippen molar-refractivity contribution in [2.24, 2.45) is 10.9 Å². The molecule has 1 fully saturated rings. The van der Waals surface area contributed by atoms with Crippen LogP contribution in [0.1, 0.15) is 80.8 Å². The summed E-state index contributed by atoms with van der Waals surface area (Å²) in [6.07, 6.45) is 1.10. The van der Waals surface area contributed by atoms with E-state index in [1.807, 2.05) is 32.9 Å². The van der Waals surface area contributed by atoms with E-state index < -0.39 is 17.6 Å². The quantitative estimate of drug-likeness (QED) is 0.405. The number of rotatable bonds is 8. The maximum absolute atomic E-state index is 13.5. The van der Waals surface area contributed by atoms with Crippen LogP contribution < -0.4 is 10.6 Å². The molecule has 1 aliphatic carbocycles. The van der Waals surface area contributed by atoms with E-state index in [0.717, 1.165) is 55.5 Å². The van der Waals surface area contributed by atoms with E-state index in [9.17, 15) is 22.8 Å². The molecule has 1 atom stereocenters. The van der Waals surface area contributed by atoms with Crippen LogP contribution in [0, 0.1) is 5.92 Å². The molecule has 0 aromatic heterocycles. The molecule has 0 spiro atoms. The molecule has 0 aliphatic heterocycles. The number of nitrogens with zero attached hydrogens (tertiary/aromatic N) is 1. The van der Waals surface area contributed by atoms with Gasteiger partial charge in [0, 0.05) is 29.4 Å². The first-order chi connectivity index (χ1) is 17.0. The van der Waals surface area contributed by atoms with E-state index in [-0.39, 0.29) is 29.1 Å². The molecule has 2 aromatic carbocycles. The van der Waals surface area contributed by atoms with Crippen LogP contribution in [0.3, 0.4) is 0 Å². The van der Waals surface area contributed by atoms with Crippen molar-refractivity contribution in [1.82, 2.24) is 5.32 Å². The molecule has 36 heavy (non-hydrogen) atoms. The van der Waals surface area contributed by atoms with Crippen LogP contribution in [0.5, 0.6) is 0 Å². The Labute approximate surface area is 210 Å². The molecule has 0 bridgehead atoms. The van der Waals surface area contributed by atoms with Gasteiger partial charge in [0.15, 0.2) is 0 Å². The highest BCUT2D eigenvalue weighted by Crippen LogP contribution is 2.33. The number of aliphatic imine (C=N–C) groups is 1. The molecule has 2 aromatic rings. The van der Waals surface area contributed by atoms with Crippen molar-refractivity contribution in [3.8, 4) is 0 Å². The zero-order chi connectivity index (χ0) is 26.3. The van der Waals surface area contributed by atoms with Crippen molar-refractivity contribution in [3.05, 3.63) is 59.2 Å². The summed E-state index contributed by atoms with van der Waals surface area (Å²) in [6, 6.07) is 10.3. The monoisotopic (exact) mass is 501 g/mol. The van der Waals surface area contributed by atoms with Crippen LogP contribution >= 0.6 is 0 Å². The molecule has 0 heterocycles. The Balaban J connectivity index is 1.69. The Morgan fingerprint density at radius 1 is 0.972 bits per heavy atom. The maximum atomic E-state index is 13.5. The summed E-state index contributed by atoms with van der Waals surface area (Å²) in [5.74, 6) is -0.337. The second-order valence-electron chi connectivity index (χ2n) is 9.93. The van der Waals surface area contributed by atoms with Crippen LogP contribution in [0.2, 0.25) is 0 Å². The lowest BCUT2D eigenvalue weighted by molar-refractivity contribution is -0.137. The van der Waals surface area contributed by atoms with Gasteiger partial charge in [0.25, 0.3) is 5.91 Å². The van der Waals surface area contributed by atoms with Gasteiger partial charge in [0.05, 0.1) is 11.3 Å². The SMILES string of the molecule is CC(C)CC(=O)NC(C)Cc1ccc(NC(=O)c2cc(N=C3CCCCC3)cc(C(F)(F)F)c2)cc1. The summed E-state index contributed by atoms with van der Waals surface area (Å²) >= 11 is 0. The van der Waals surface area contributed by atoms with Crippen molar-refractivity contribution < 1.29 is 22.8 Å². The molecule has 2 amide bonds. The highest BCUT2D eigenvalue weighted by atomic mass is 19.4. The number of alkyl halides is 3. The van der Waals surface area contributed by atoms with Gasteiger partial charge in [0.2, 0.25) is 5.91 Å². The topological polar surface area (TPSA) is 70.6 Å². The van der Waals surface area contributed by atoms with Crippen molar-refractivity contribution in [3.63, 3.8) is 0 Å². The van der Waals surface area contributed by atoms with E-state index in [1.54, 1.807) is 12.1 Å². The average molecular weight is 502 g/mol.